The second-order valence-corrected chi connectivity index (χ2v) is 5.13. The van der Waals surface area contributed by atoms with E-state index in [1.165, 1.54) is 11.4 Å². The van der Waals surface area contributed by atoms with Crippen molar-refractivity contribution in [1.82, 2.24) is 15.1 Å². The second kappa shape index (κ2) is 6.78. The number of aryl methyl sites for hydroxylation is 2. The molecule has 4 heteroatoms. The van der Waals surface area contributed by atoms with Crippen molar-refractivity contribution in [1.29, 1.82) is 0 Å². The van der Waals surface area contributed by atoms with E-state index in [9.17, 15) is 0 Å². The first-order chi connectivity index (χ1) is 8.51. The molecule has 0 unspecified atom stereocenters. The van der Waals surface area contributed by atoms with Crippen LogP contribution in [-0.4, -0.2) is 28.9 Å². The third-order valence-corrected chi connectivity index (χ3v) is 3.18. The van der Waals surface area contributed by atoms with Crippen LogP contribution in [0.15, 0.2) is 0 Å². The molecule has 0 saturated carbocycles. The summed E-state index contributed by atoms with van der Waals surface area (Å²) in [5.74, 6) is 1.27. The molecule has 1 heterocycles. The van der Waals surface area contributed by atoms with Crippen LogP contribution in [0.2, 0.25) is 0 Å². The predicted molar refractivity (Wildman–Crippen MR) is 78.1 cm³/mol. The van der Waals surface area contributed by atoms with Crippen LogP contribution in [0.3, 0.4) is 0 Å². The molecule has 0 fully saturated rings. The van der Waals surface area contributed by atoms with E-state index in [0.717, 1.165) is 31.7 Å². The summed E-state index contributed by atoms with van der Waals surface area (Å²) in [5, 5.41) is 8.07. The van der Waals surface area contributed by atoms with Crippen molar-refractivity contribution in [2.45, 2.75) is 53.6 Å². The summed E-state index contributed by atoms with van der Waals surface area (Å²) >= 11 is 0. The molecule has 0 aliphatic heterocycles. The van der Waals surface area contributed by atoms with E-state index < -0.39 is 0 Å². The first kappa shape index (κ1) is 15.0. The predicted octanol–water partition coefficient (Wildman–Crippen LogP) is 2.46. The largest absolute Gasteiger partial charge is 0.357 e. The molecule has 18 heavy (non-hydrogen) atoms. The topological polar surface area (TPSA) is 33.1 Å². The van der Waals surface area contributed by atoms with Crippen LogP contribution in [0.1, 0.15) is 45.4 Å². The molecule has 1 rings (SSSR count). The van der Waals surface area contributed by atoms with E-state index in [2.05, 4.69) is 49.9 Å². The normalized spacial score (nSPS) is 11.3. The van der Waals surface area contributed by atoms with Gasteiger partial charge in [0.25, 0.3) is 0 Å². The third-order valence-electron chi connectivity index (χ3n) is 3.18. The maximum Gasteiger partial charge on any atom is 0.131 e. The smallest absolute Gasteiger partial charge is 0.131 e. The van der Waals surface area contributed by atoms with E-state index >= 15 is 0 Å². The first-order valence-corrected chi connectivity index (χ1v) is 7.02. The molecule has 0 aromatic carbocycles. The van der Waals surface area contributed by atoms with Crippen LogP contribution >= 0.6 is 0 Å². The monoisotopic (exact) mass is 252 g/mol. The Hall–Kier alpha value is -1.03. The van der Waals surface area contributed by atoms with Crippen molar-refractivity contribution in [3.63, 3.8) is 0 Å². The molecule has 0 aliphatic rings. The molecule has 0 bridgehead atoms. The molecule has 4 nitrogen and oxygen atoms in total. The van der Waals surface area contributed by atoms with Gasteiger partial charge in [-0.2, -0.15) is 5.10 Å². The van der Waals surface area contributed by atoms with Gasteiger partial charge < -0.3 is 10.2 Å². The zero-order valence-electron chi connectivity index (χ0n) is 12.7. The average Bonchev–Trinajstić information content (AvgIpc) is 2.58. The standard InChI is InChI=1S/C14H28N4/c1-7-9-18(8-2)14-13(10-15-11(3)4)12(5)16-17(14)6/h11,15H,7-10H2,1-6H3. The molecule has 1 N–H and O–H groups in total. The Balaban J connectivity index is 3.00. The Morgan fingerprint density at radius 3 is 2.50 bits per heavy atom. The highest BCUT2D eigenvalue weighted by molar-refractivity contribution is 5.50. The molecule has 1 aromatic heterocycles. The van der Waals surface area contributed by atoms with Crippen molar-refractivity contribution in [3.8, 4) is 0 Å². The van der Waals surface area contributed by atoms with Crippen LogP contribution in [0.25, 0.3) is 0 Å². The molecule has 0 radical (unpaired) electrons. The van der Waals surface area contributed by atoms with Crippen LogP contribution < -0.4 is 10.2 Å². The van der Waals surface area contributed by atoms with Crippen molar-refractivity contribution in [2.75, 3.05) is 18.0 Å². The highest BCUT2D eigenvalue weighted by Crippen LogP contribution is 2.23. The summed E-state index contributed by atoms with van der Waals surface area (Å²) in [7, 11) is 2.04. The van der Waals surface area contributed by atoms with E-state index in [1.54, 1.807) is 0 Å². The average molecular weight is 252 g/mol. The molecule has 0 saturated heterocycles. The lowest BCUT2D eigenvalue weighted by Gasteiger charge is -2.24. The molecule has 104 valence electrons. The quantitative estimate of drug-likeness (QED) is 0.809. The van der Waals surface area contributed by atoms with Crippen molar-refractivity contribution >= 4 is 5.82 Å². The van der Waals surface area contributed by atoms with E-state index in [1.807, 2.05) is 11.7 Å². The van der Waals surface area contributed by atoms with Crippen LogP contribution in [0.4, 0.5) is 5.82 Å². The number of nitrogens with zero attached hydrogens (tertiary/aromatic N) is 3. The summed E-state index contributed by atoms with van der Waals surface area (Å²) in [6, 6.07) is 0.499. The Labute approximate surface area is 111 Å². The molecule has 1 aromatic rings. The summed E-state index contributed by atoms with van der Waals surface area (Å²) in [6.07, 6.45) is 1.16. The van der Waals surface area contributed by atoms with Gasteiger partial charge in [0, 0.05) is 38.3 Å². The fourth-order valence-electron chi connectivity index (χ4n) is 2.28. The van der Waals surface area contributed by atoms with Gasteiger partial charge in [0.1, 0.15) is 5.82 Å². The van der Waals surface area contributed by atoms with Gasteiger partial charge in [-0.05, 0) is 20.3 Å². The molecular weight excluding hydrogens is 224 g/mol. The SMILES string of the molecule is CCCN(CC)c1c(CNC(C)C)c(C)nn1C. The van der Waals surface area contributed by atoms with Gasteiger partial charge in [-0.1, -0.05) is 20.8 Å². The fourth-order valence-corrected chi connectivity index (χ4v) is 2.28. The Morgan fingerprint density at radius 2 is 2.00 bits per heavy atom. The van der Waals surface area contributed by atoms with Crippen molar-refractivity contribution in [3.05, 3.63) is 11.3 Å². The summed E-state index contributed by atoms with van der Waals surface area (Å²) in [6.45, 7) is 13.9. The van der Waals surface area contributed by atoms with Crippen LogP contribution in [0, 0.1) is 6.92 Å². The number of hydrogen-bond donors (Lipinski definition) is 1. The number of hydrogen-bond acceptors (Lipinski definition) is 3. The third kappa shape index (κ3) is 3.48. The Kier molecular flexibility index (Phi) is 5.66. The second-order valence-electron chi connectivity index (χ2n) is 5.13. The minimum atomic E-state index is 0.499. The van der Waals surface area contributed by atoms with Gasteiger partial charge in [-0.3, -0.25) is 4.68 Å². The number of aromatic nitrogens is 2. The van der Waals surface area contributed by atoms with Crippen LogP contribution in [0.5, 0.6) is 0 Å². The zero-order valence-corrected chi connectivity index (χ0v) is 12.7. The molecular formula is C14H28N4. The first-order valence-electron chi connectivity index (χ1n) is 7.02. The Morgan fingerprint density at radius 1 is 1.33 bits per heavy atom. The Bertz CT molecular complexity index is 368. The lowest BCUT2D eigenvalue weighted by Crippen LogP contribution is -2.29. The van der Waals surface area contributed by atoms with Gasteiger partial charge in [0.15, 0.2) is 0 Å². The fraction of sp³-hybridized carbons (Fsp3) is 0.786. The summed E-state index contributed by atoms with van der Waals surface area (Å²) in [4.78, 5) is 2.41. The highest BCUT2D eigenvalue weighted by atomic mass is 15.4. The molecule has 0 aliphatic carbocycles. The van der Waals surface area contributed by atoms with Gasteiger partial charge in [0.2, 0.25) is 0 Å². The van der Waals surface area contributed by atoms with E-state index in [0.29, 0.717) is 6.04 Å². The van der Waals surface area contributed by atoms with Crippen molar-refractivity contribution < 1.29 is 0 Å². The van der Waals surface area contributed by atoms with E-state index in [-0.39, 0.29) is 0 Å². The van der Waals surface area contributed by atoms with Crippen LogP contribution in [-0.2, 0) is 13.6 Å². The van der Waals surface area contributed by atoms with Gasteiger partial charge in [0.05, 0.1) is 5.69 Å². The maximum absolute atomic E-state index is 4.58. The molecule has 0 atom stereocenters. The van der Waals surface area contributed by atoms with E-state index in [4.69, 9.17) is 0 Å². The summed E-state index contributed by atoms with van der Waals surface area (Å²) < 4.78 is 2.02. The molecule has 0 amide bonds. The lowest BCUT2D eigenvalue weighted by atomic mass is 10.2. The van der Waals surface area contributed by atoms with Gasteiger partial charge >= 0.3 is 0 Å². The summed E-state index contributed by atoms with van der Waals surface area (Å²) in [5.41, 5.74) is 2.47. The molecule has 0 spiro atoms. The number of anilines is 1. The zero-order chi connectivity index (χ0) is 13.7. The number of rotatable bonds is 7. The highest BCUT2D eigenvalue weighted by Gasteiger charge is 2.17. The number of nitrogens with one attached hydrogen (secondary N) is 1. The van der Waals surface area contributed by atoms with Gasteiger partial charge in [-0.25, -0.2) is 0 Å². The van der Waals surface area contributed by atoms with Crippen molar-refractivity contribution in [2.24, 2.45) is 7.05 Å². The lowest BCUT2D eigenvalue weighted by molar-refractivity contribution is 0.585. The minimum Gasteiger partial charge on any atom is -0.357 e. The maximum atomic E-state index is 4.58. The van der Waals surface area contributed by atoms with Gasteiger partial charge in [-0.15, -0.1) is 0 Å². The minimum absolute atomic E-state index is 0.499.